The van der Waals surface area contributed by atoms with Crippen LogP contribution in [0, 0.1) is 0 Å². The van der Waals surface area contributed by atoms with Gasteiger partial charge in [-0.2, -0.15) is 0 Å². The van der Waals surface area contributed by atoms with Gasteiger partial charge in [-0.25, -0.2) is 0 Å². The van der Waals surface area contributed by atoms with Crippen molar-refractivity contribution in [3.8, 4) is 0 Å². The summed E-state index contributed by atoms with van der Waals surface area (Å²) in [4.78, 5) is 0. The average Bonchev–Trinajstić information content (AvgIpc) is 1.94. The third-order valence-corrected chi connectivity index (χ3v) is 1.78. The van der Waals surface area contributed by atoms with Crippen LogP contribution in [0.3, 0.4) is 0 Å². The van der Waals surface area contributed by atoms with E-state index in [1.165, 1.54) is 30.8 Å². The summed E-state index contributed by atoms with van der Waals surface area (Å²) in [7, 11) is 0. The van der Waals surface area contributed by atoms with Crippen molar-refractivity contribution in [2.45, 2.75) is 57.1 Å². The van der Waals surface area contributed by atoms with Gasteiger partial charge < -0.3 is 0 Å². The molecule has 0 aliphatic carbocycles. The molecule has 0 atom stereocenters. The van der Waals surface area contributed by atoms with Crippen molar-refractivity contribution in [1.82, 2.24) is 0 Å². The summed E-state index contributed by atoms with van der Waals surface area (Å²) in [6.07, 6.45) is 5.28. The molecule has 0 amide bonds. The summed E-state index contributed by atoms with van der Waals surface area (Å²) in [5.41, 5.74) is 0.0464. The van der Waals surface area contributed by atoms with Gasteiger partial charge in [0.1, 0.15) is 0 Å². The van der Waals surface area contributed by atoms with E-state index in [9.17, 15) is 0 Å². The molecule has 0 unspecified atom stereocenters. The Morgan fingerprint density at radius 2 is 1.58 bits per heavy atom. The second kappa shape index (κ2) is 7.01. The van der Waals surface area contributed by atoms with Gasteiger partial charge in [-0.15, -0.1) is 0 Å². The maximum atomic E-state index is 5.61. The van der Waals surface area contributed by atoms with Gasteiger partial charge in [0.05, 0.1) is 0 Å². The molecule has 1 nitrogen and oxygen atoms in total. The van der Waals surface area contributed by atoms with Gasteiger partial charge in [-0.05, 0) is 0 Å². The molecule has 0 aromatic carbocycles. The van der Waals surface area contributed by atoms with E-state index >= 15 is 0 Å². The third kappa shape index (κ3) is 10.6. The van der Waals surface area contributed by atoms with Crippen molar-refractivity contribution >= 4 is 17.7 Å². The molecule has 0 rings (SSSR count). The molecular weight excluding hydrogens is 143 g/mol. The molecule has 0 heterocycles. The molecule has 0 aromatic heterocycles. The zero-order chi connectivity index (χ0) is 9.45. The summed E-state index contributed by atoms with van der Waals surface area (Å²) in [5.74, 6) is 0. The Labute approximate surface area is 86.5 Å². The molecule has 0 aliphatic heterocycles. The Morgan fingerprint density at radius 3 is 2.08 bits per heavy atom. The fourth-order valence-electron chi connectivity index (χ4n) is 1.08. The third-order valence-electron chi connectivity index (χ3n) is 1.78. The average molecular weight is 164 g/mol. The van der Waals surface area contributed by atoms with Crippen molar-refractivity contribution in [2.75, 3.05) is 6.61 Å². The minimum absolute atomic E-state index is 0.0464. The summed E-state index contributed by atoms with van der Waals surface area (Å²) < 4.78 is 5.61. The van der Waals surface area contributed by atoms with Crippen molar-refractivity contribution in [1.29, 1.82) is 0 Å². The van der Waals surface area contributed by atoms with E-state index in [1.807, 2.05) is 0 Å². The van der Waals surface area contributed by atoms with Gasteiger partial charge in [0.2, 0.25) is 0 Å². The number of hydrogen-bond donors (Lipinski definition) is 0. The molecule has 0 N–H and O–H groups in total. The predicted molar refractivity (Wildman–Crippen MR) is 54.7 cm³/mol. The van der Waals surface area contributed by atoms with Crippen LogP contribution in [0.15, 0.2) is 0 Å². The zero-order valence-electron chi connectivity index (χ0n) is 9.15. The Morgan fingerprint density at radius 1 is 1.00 bits per heavy atom. The second-order valence-electron chi connectivity index (χ2n) is 4.38. The van der Waals surface area contributed by atoms with Crippen molar-refractivity contribution in [2.24, 2.45) is 0 Å². The number of ether oxygens (including phenoxy) is 1. The molecule has 0 aromatic rings. The van der Waals surface area contributed by atoms with Gasteiger partial charge in [-0.3, -0.25) is 0 Å². The summed E-state index contributed by atoms with van der Waals surface area (Å²) in [6.45, 7) is 7.25. The van der Waals surface area contributed by atoms with Crippen LogP contribution >= 0.6 is 0 Å². The van der Waals surface area contributed by atoms with Gasteiger partial charge in [-0.1, -0.05) is 0 Å². The standard InChI is InChI=1S/C10H21O.Li/c1-5-6-7-8-9-11-10(2,3)4;/h1,5-9H2,2-4H3;. The molecule has 0 saturated heterocycles. The molecule has 2 heteroatoms. The van der Waals surface area contributed by atoms with Gasteiger partial charge in [0.25, 0.3) is 0 Å². The molecule has 0 saturated carbocycles. The van der Waals surface area contributed by atoms with E-state index in [2.05, 4.69) is 38.5 Å². The van der Waals surface area contributed by atoms with E-state index in [0.29, 0.717) is 0 Å². The van der Waals surface area contributed by atoms with Crippen LogP contribution in [-0.2, 0) is 4.74 Å². The first-order chi connectivity index (χ1) is 5.56. The number of rotatable bonds is 6. The molecule has 0 fully saturated rings. The van der Waals surface area contributed by atoms with E-state index in [-0.39, 0.29) is 5.60 Å². The first-order valence-electron chi connectivity index (χ1n) is 5.20. The Balaban J connectivity index is 3.01. The second-order valence-corrected chi connectivity index (χ2v) is 4.38. The van der Waals surface area contributed by atoms with Crippen LogP contribution in [0.4, 0.5) is 0 Å². The normalized spacial score (nSPS) is 12.1. The SMILES string of the molecule is [Li][CH2]CCCCCOC(C)(C)C. The first-order valence-corrected chi connectivity index (χ1v) is 5.20. The zero-order valence-corrected chi connectivity index (χ0v) is 9.15. The molecule has 0 spiro atoms. The fourth-order valence-corrected chi connectivity index (χ4v) is 1.08. The molecular formula is C10H21LiO. The first kappa shape index (κ1) is 12.6. The monoisotopic (exact) mass is 164 g/mol. The summed E-state index contributed by atoms with van der Waals surface area (Å²) >= 11 is 2.24. The summed E-state index contributed by atoms with van der Waals surface area (Å²) in [6, 6.07) is 0. The molecule has 12 heavy (non-hydrogen) atoms. The van der Waals surface area contributed by atoms with E-state index in [1.54, 1.807) is 0 Å². The number of hydrogen-bond acceptors (Lipinski definition) is 1. The van der Waals surface area contributed by atoms with Gasteiger partial charge in [0, 0.05) is 0 Å². The Bertz CT molecular complexity index is 96.5. The molecule has 0 aliphatic rings. The summed E-state index contributed by atoms with van der Waals surface area (Å²) in [5, 5.41) is 1.32. The number of unbranched alkanes of at least 4 members (excludes halogenated alkanes) is 3. The Hall–Kier alpha value is 0.557. The topological polar surface area (TPSA) is 9.23 Å². The van der Waals surface area contributed by atoms with Crippen molar-refractivity contribution < 1.29 is 4.74 Å². The van der Waals surface area contributed by atoms with Gasteiger partial charge in [0.15, 0.2) is 0 Å². The molecule has 68 valence electrons. The van der Waals surface area contributed by atoms with E-state index < -0.39 is 0 Å². The van der Waals surface area contributed by atoms with Gasteiger partial charge >= 0.3 is 86.2 Å². The Kier molecular flexibility index (Phi) is 7.33. The van der Waals surface area contributed by atoms with Crippen LogP contribution < -0.4 is 0 Å². The fraction of sp³-hybridized carbons (Fsp3) is 1.00. The minimum atomic E-state index is 0.0464. The quantitative estimate of drug-likeness (QED) is 0.433. The predicted octanol–water partition coefficient (Wildman–Crippen LogP) is 2.95. The van der Waals surface area contributed by atoms with Crippen molar-refractivity contribution in [3.63, 3.8) is 0 Å². The van der Waals surface area contributed by atoms with Crippen LogP contribution in [0.25, 0.3) is 0 Å². The van der Waals surface area contributed by atoms with E-state index in [4.69, 9.17) is 4.74 Å². The molecule has 0 bridgehead atoms. The van der Waals surface area contributed by atoms with Crippen LogP contribution in [0.2, 0.25) is 5.09 Å². The van der Waals surface area contributed by atoms with Crippen LogP contribution in [0.5, 0.6) is 0 Å². The maximum absolute atomic E-state index is 5.61. The van der Waals surface area contributed by atoms with Crippen LogP contribution in [0.1, 0.15) is 46.5 Å². The van der Waals surface area contributed by atoms with E-state index in [0.717, 1.165) is 6.61 Å². The van der Waals surface area contributed by atoms with Crippen LogP contribution in [-0.4, -0.2) is 29.9 Å². The van der Waals surface area contributed by atoms with Crippen molar-refractivity contribution in [3.05, 3.63) is 0 Å². The molecule has 0 radical (unpaired) electrons.